The first-order valence-electron chi connectivity index (χ1n) is 15.6. The standard InChI is InChI=1S/C36H42N4O3S/c1-41-22-11-14-32-27(19-22)25(28-20-23(42-2)12-15-33(28)40-32)8-6-9-30(38)35(17-18-37)44-36-26-7-4-5-10-31(26)39-34-16-13-24(43-3)21-29(34)36/h11-16,19-21,30,35H,4-10,17-18,37-38H2,1-3H3. The van der Waals surface area contributed by atoms with Gasteiger partial charge in [0.05, 0.1) is 37.9 Å². The fraction of sp³-hybridized carbons (Fsp3) is 0.389. The van der Waals surface area contributed by atoms with Crippen LogP contribution in [0.3, 0.4) is 0 Å². The summed E-state index contributed by atoms with van der Waals surface area (Å²) in [6.07, 6.45) is 8.00. The van der Waals surface area contributed by atoms with Crippen molar-refractivity contribution in [2.24, 2.45) is 11.5 Å². The van der Waals surface area contributed by atoms with E-state index in [9.17, 15) is 0 Å². The van der Waals surface area contributed by atoms with E-state index in [2.05, 4.69) is 24.3 Å². The van der Waals surface area contributed by atoms with Crippen molar-refractivity contribution in [3.8, 4) is 17.2 Å². The summed E-state index contributed by atoms with van der Waals surface area (Å²) < 4.78 is 16.8. The lowest BCUT2D eigenvalue weighted by Crippen LogP contribution is -2.34. The molecule has 0 spiro atoms. The zero-order valence-electron chi connectivity index (χ0n) is 25.9. The summed E-state index contributed by atoms with van der Waals surface area (Å²) in [7, 11) is 5.12. The Morgan fingerprint density at radius 1 is 0.750 bits per heavy atom. The third-order valence-electron chi connectivity index (χ3n) is 8.88. The maximum atomic E-state index is 7.04. The summed E-state index contributed by atoms with van der Waals surface area (Å²) >= 11 is 1.90. The van der Waals surface area contributed by atoms with Crippen molar-refractivity contribution in [2.75, 3.05) is 27.9 Å². The average molecular weight is 611 g/mol. The van der Waals surface area contributed by atoms with E-state index < -0.39 is 0 Å². The van der Waals surface area contributed by atoms with E-state index in [0.717, 1.165) is 88.5 Å². The van der Waals surface area contributed by atoms with Crippen LogP contribution in [0.1, 0.15) is 48.9 Å². The Morgan fingerprint density at radius 3 is 1.91 bits per heavy atom. The minimum atomic E-state index is -0.0138. The first kappa shape index (κ1) is 30.4. The molecular weight excluding hydrogens is 568 g/mol. The van der Waals surface area contributed by atoms with E-state index in [1.807, 2.05) is 42.1 Å². The quantitative estimate of drug-likeness (QED) is 0.115. The Morgan fingerprint density at radius 2 is 1.32 bits per heavy atom. The highest BCUT2D eigenvalue weighted by Crippen LogP contribution is 2.41. The zero-order chi connectivity index (χ0) is 30.6. The van der Waals surface area contributed by atoms with Crippen LogP contribution in [-0.2, 0) is 19.3 Å². The molecule has 5 aromatic rings. The second-order valence-electron chi connectivity index (χ2n) is 11.6. The Balaban J connectivity index is 1.29. The minimum Gasteiger partial charge on any atom is -0.497 e. The van der Waals surface area contributed by atoms with Crippen molar-refractivity contribution in [3.05, 3.63) is 71.4 Å². The first-order chi connectivity index (χ1) is 21.5. The third kappa shape index (κ3) is 6.16. The van der Waals surface area contributed by atoms with Gasteiger partial charge in [-0.1, -0.05) is 0 Å². The van der Waals surface area contributed by atoms with Gasteiger partial charge in [0.1, 0.15) is 17.2 Å². The van der Waals surface area contributed by atoms with E-state index in [1.165, 1.54) is 34.6 Å². The van der Waals surface area contributed by atoms with Crippen LogP contribution in [0.5, 0.6) is 17.2 Å². The van der Waals surface area contributed by atoms with E-state index in [-0.39, 0.29) is 11.3 Å². The molecule has 0 aliphatic heterocycles. The molecule has 2 unspecified atom stereocenters. The topological polar surface area (TPSA) is 106 Å². The van der Waals surface area contributed by atoms with Gasteiger partial charge in [0.2, 0.25) is 0 Å². The highest BCUT2D eigenvalue weighted by molar-refractivity contribution is 8.00. The maximum absolute atomic E-state index is 7.04. The smallest absolute Gasteiger partial charge is 0.119 e. The number of nitrogens with zero attached hydrogens (tertiary/aromatic N) is 2. The summed E-state index contributed by atoms with van der Waals surface area (Å²) in [4.78, 5) is 11.3. The number of benzene rings is 3. The number of ether oxygens (including phenoxy) is 3. The lowest BCUT2D eigenvalue weighted by molar-refractivity contribution is 0.415. The third-order valence-corrected chi connectivity index (χ3v) is 10.5. The fourth-order valence-electron chi connectivity index (χ4n) is 6.50. The van der Waals surface area contributed by atoms with Crippen LogP contribution in [-0.4, -0.2) is 49.1 Å². The Bertz CT molecular complexity index is 1730. The molecule has 0 amide bonds. The number of thioether (sulfide) groups is 1. The van der Waals surface area contributed by atoms with Crippen molar-refractivity contribution >= 4 is 44.5 Å². The van der Waals surface area contributed by atoms with Gasteiger partial charge < -0.3 is 25.7 Å². The van der Waals surface area contributed by atoms with Crippen molar-refractivity contribution in [2.45, 2.75) is 67.6 Å². The molecule has 8 heteroatoms. The number of hydrogen-bond acceptors (Lipinski definition) is 8. The molecule has 0 fully saturated rings. The monoisotopic (exact) mass is 610 g/mol. The number of rotatable bonds is 12. The average Bonchev–Trinajstić information content (AvgIpc) is 3.06. The van der Waals surface area contributed by atoms with Crippen LogP contribution >= 0.6 is 11.8 Å². The van der Waals surface area contributed by atoms with Crippen LogP contribution in [0.15, 0.2) is 59.5 Å². The highest BCUT2D eigenvalue weighted by atomic mass is 32.2. The van der Waals surface area contributed by atoms with Gasteiger partial charge in [-0.2, -0.15) is 0 Å². The van der Waals surface area contributed by atoms with Gasteiger partial charge in [0.25, 0.3) is 0 Å². The SMILES string of the molecule is COc1ccc2nc3c(c(SC(CCN)C(N)CCCc4c5cc(OC)ccc5nc5ccc(OC)cc45)c2c1)CCCC3. The van der Waals surface area contributed by atoms with E-state index >= 15 is 0 Å². The number of aromatic nitrogens is 2. The van der Waals surface area contributed by atoms with Gasteiger partial charge in [-0.25, -0.2) is 4.98 Å². The van der Waals surface area contributed by atoms with Gasteiger partial charge in [0, 0.05) is 38.0 Å². The molecule has 7 nitrogen and oxygen atoms in total. The van der Waals surface area contributed by atoms with Gasteiger partial charge >= 0.3 is 0 Å². The van der Waals surface area contributed by atoms with Crippen molar-refractivity contribution in [3.63, 3.8) is 0 Å². The van der Waals surface area contributed by atoms with Crippen molar-refractivity contribution < 1.29 is 14.2 Å². The zero-order valence-corrected chi connectivity index (χ0v) is 26.7. The number of methoxy groups -OCH3 is 3. The lowest BCUT2D eigenvalue weighted by Gasteiger charge is -2.27. The molecule has 0 saturated heterocycles. The summed E-state index contributed by atoms with van der Waals surface area (Å²) in [6, 6.07) is 18.4. The molecule has 0 bridgehead atoms. The van der Waals surface area contributed by atoms with Crippen LogP contribution in [0.2, 0.25) is 0 Å². The lowest BCUT2D eigenvalue weighted by atomic mass is 9.94. The molecule has 44 heavy (non-hydrogen) atoms. The fourth-order valence-corrected chi connectivity index (χ4v) is 8.02. The second kappa shape index (κ2) is 13.6. The van der Waals surface area contributed by atoms with Gasteiger partial charge in [0.15, 0.2) is 0 Å². The summed E-state index contributed by atoms with van der Waals surface area (Å²) in [5, 5.41) is 3.56. The number of hydrogen-bond donors (Lipinski definition) is 2. The molecule has 0 radical (unpaired) electrons. The highest BCUT2D eigenvalue weighted by Gasteiger charge is 2.25. The predicted molar refractivity (Wildman–Crippen MR) is 182 cm³/mol. The summed E-state index contributed by atoms with van der Waals surface area (Å²) in [5.41, 5.74) is 20.0. The number of aryl methyl sites for hydroxylation is 2. The molecular formula is C36H42N4O3S. The number of pyridine rings is 2. The number of fused-ring (bicyclic) bond motifs is 4. The Hall–Kier alpha value is -3.59. The molecule has 0 saturated carbocycles. The largest absolute Gasteiger partial charge is 0.497 e. The van der Waals surface area contributed by atoms with E-state index in [1.54, 1.807) is 21.3 Å². The molecule has 2 atom stereocenters. The van der Waals surface area contributed by atoms with Gasteiger partial charge in [-0.3, -0.25) is 4.98 Å². The van der Waals surface area contributed by atoms with Crippen LogP contribution < -0.4 is 25.7 Å². The summed E-state index contributed by atoms with van der Waals surface area (Å²) in [6.45, 7) is 0.596. The first-order valence-corrected chi connectivity index (χ1v) is 16.5. The molecule has 1 aliphatic rings. The van der Waals surface area contributed by atoms with Crippen LogP contribution in [0, 0.1) is 0 Å². The Kier molecular flexibility index (Phi) is 9.40. The second-order valence-corrected chi connectivity index (χ2v) is 12.9. The van der Waals surface area contributed by atoms with E-state index in [4.69, 9.17) is 35.6 Å². The maximum Gasteiger partial charge on any atom is 0.119 e. The number of nitrogens with two attached hydrogens (primary N) is 2. The predicted octanol–water partition coefficient (Wildman–Crippen LogP) is 7.00. The van der Waals surface area contributed by atoms with Gasteiger partial charge in [-0.15, -0.1) is 11.8 Å². The normalized spacial score (nSPS) is 14.5. The molecule has 1 aliphatic carbocycles. The van der Waals surface area contributed by atoms with Crippen LogP contribution in [0.25, 0.3) is 32.7 Å². The van der Waals surface area contributed by atoms with Gasteiger partial charge in [-0.05, 0) is 124 Å². The molecule has 2 heterocycles. The molecule has 230 valence electrons. The molecule has 3 aromatic carbocycles. The molecule has 4 N–H and O–H groups in total. The minimum absolute atomic E-state index is 0.0138. The Labute approximate surface area is 263 Å². The molecule has 2 aromatic heterocycles. The van der Waals surface area contributed by atoms with Crippen molar-refractivity contribution in [1.82, 2.24) is 9.97 Å². The van der Waals surface area contributed by atoms with Crippen LogP contribution in [0.4, 0.5) is 0 Å². The van der Waals surface area contributed by atoms with E-state index in [0.29, 0.717) is 6.54 Å². The summed E-state index contributed by atoms with van der Waals surface area (Å²) in [5.74, 6) is 2.49. The molecule has 6 rings (SSSR count). The van der Waals surface area contributed by atoms with Crippen molar-refractivity contribution in [1.29, 1.82) is 0 Å².